The molecule has 0 spiro atoms. The van der Waals surface area contributed by atoms with Crippen LogP contribution in [0.5, 0.6) is 11.5 Å². The van der Waals surface area contributed by atoms with Gasteiger partial charge in [0.25, 0.3) is 0 Å². The van der Waals surface area contributed by atoms with Gasteiger partial charge >= 0.3 is 12.1 Å². The van der Waals surface area contributed by atoms with Gasteiger partial charge in [0.1, 0.15) is 30.8 Å². The van der Waals surface area contributed by atoms with E-state index < -0.39 is 34.2 Å². The number of sulfonamides is 1. The number of H-pyrrole nitrogens is 1. The molecule has 9 rings (SSSR count). The minimum absolute atomic E-state index is 0.0678. The Labute approximate surface area is 383 Å². The van der Waals surface area contributed by atoms with Gasteiger partial charge in [-0.2, -0.15) is 4.31 Å². The van der Waals surface area contributed by atoms with Crippen LogP contribution >= 0.6 is 0 Å². The molecule has 66 heavy (non-hydrogen) atoms. The highest BCUT2D eigenvalue weighted by Crippen LogP contribution is 2.32. The molecule has 3 saturated heterocycles. The lowest BCUT2D eigenvalue weighted by Gasteiger charge is -2.43. The van der Waals surface area contributed by atoms with E-state index in [0.29, 0.717) is 34.7 Å². The number of fused-ring (bicyclic) bond motifs is 4. The summed E-state index contributed by atoms with van der Waals surface area (Å²) in [6.45, 7) is 3.38. The Morgan fingerprint density at radius 1 is 0.879 bits per heavy atom. The van der Waals surface area contributed by atoms with Crippen molar-refractivity contribution in [1.29, 1.82) is 0 Å². The Morgan fingerprint density at radius 2 is 1.61 bits per heavy atom. The molecule has 3 atom stereocenters. The zero-order chi connectivity index (χ0) is 46.2. The van der Waals surface area contributed by atoms with Gasteiger partial charge in [-0.05, 0) is 108 Å². The lowest BCUT2D eigenvalue weighted by Crippen LogP contribution is -2.52. The number of aromatic hydroxyl groups is 1. The summed E-state index contributed by atoms with van der Waals surface area (Å²) in [5.41, 5.74) is 4.05. The number of esters is 1. The summed E-state index contributed by atoms with van der Waals surface area (Å²) < 4.78 is 45.3. The third-order valence-electron chi connectivity index (χ3n) is 12.2. The fourth-order valence-corrected chi connectivity index (χ4v) is 9.62. The monoisotopic (exact) mass is 915 g/mol. The Kier molecular flexibility index (Phi) is 14.4. The number of pyridine rings is 1. The molecular formula is C50H53N5O10S. The predicted octanol–water partition coefficient (Wildman–Crippen LogP) is 6.02. The summed E-state index contributed by atoms with van der Waals surface area (Å²) >= 11 is 0. The van der Waals surface area contributed by atoms with E-state index in [9.17, 15) is 33.0 Å². The number of aromatic amines is 1. The summed E-state index contributed by atoms with van der Waals surface area (Å²) in [4.78, 5) is 42.9. The van der Waals surface area contributed by atoms with Gasteiger partial charge in [0, 0.05) is 44.7 Å². The molecule has 1 aromatic heterocycles. The average Bonchev–Trinajstić information content (AvgIpc) is 3.33. The molecule has 4 heterocycles. The number of hydrogen-bond acceptors (Lipinski definition) is 12. The van der Waals surface area contributed by atoms with Crippen LogP contribution in [0, 0.1) is 5.92 Å². The summed E-state index contributed by atoms with van der Waals surface area (Å²) in [6, 6.07) is 35.8. The molecule has 6 aromatic rings. The lowest BCUT2D eigenvalue weighted by atomic mass is 9.86. The van der Waals surface area contributed by atoms with E-state index in [-0.39, 0.29) is 54.1 Å². The molecule has 15 nitrogen and oxygen atoms in total. The lowest BCUT2D eigenvalue weighted by molar-refractivity contribution is -0.0336. The van der Waals surface area contributed by atoms with Crippen LogP contribution in [0.25, 0.3) is 10.9 Å². The highest BCUT2D eigenvalue weighted by molar-refractivity contribution is 7.89. The van der Waals surface area contributed by atoms with Gasteiger partial charge in [-0.25, -0.2) is 18.0 Å². The zero-order valence-corrected chi connectivity index (χ0v) is 37.3. The molecule has 3 fully saturated rings. The van der Waals surface area contributed by atoms with Gasteiger partial charge in [0.2, 0.25) is 15.6 Å². The number of aliphatic hydroxyl groups is 1. The van der Waals surface area contributed by atoms with E-state index >= 15 is 0 Å². The Morgan fingerprint density at radius 3 is 2.33 bits per heavy atom. The number of hydrogen-bond donors (Lipinski definition) is 5. The van der Waals surface area contributed by atoms with Crippen LogP contribution in [0.3, 0.4) is 0 Å². The molecule has 2 unspecified atom stereocenters. The van der Waals surface area contributed by atoms with Crippen molar-refractivity contribution in [1.82, 2.24) is 24.8 Å². The second-order valence-electron chi connectivity index (χ2n) is 16.7. The average molecular weight is 916 g/mol. The number of ether oxygens (including phenoxy) is 3. The number of aliphatic hydroxyl groups excluding tert-OH is 1. The van der Waals surface area contributed by atoms with Gasteiger partial charge in [-0.3, -0.25) is 9.69 Å². The van der Waals surface area contributed by atoms with E-state index in [2.05, 4.69) is 20.5 Å². The normalized spacial score (nSPS) is 17.8. The van der Waals surface area contributed by atoms with Crippen LogP contribution in [0.1, 0.15) is 63.2 Å². The maximum Gasteiger partial charge on any atom is 0.408 e. The van der Waals surface area contributed by atoms with Crippen molar-refractivity contribution in [3.8, 4) is 11.5 Å². The number of rotatable bonds is 18. The van der Waals surface area contributed by atoms with Crippen LogP contribution in [0.4, 0.5) is 4.79 Å². The van der Waals surface area contributed by atoms with Crippen molar-refractivity contribution < 1.29 is 42.4 Å². The summed E-state index contributed by atoms with van der Waals surface area (Å²) in [6.07, 6.45) is 0.589. The molecule has 5 aromatic carbocycles. The first-order chi connectivity index (χ1) is 31.9. The number of likely N-dealkylation sites (N-methyl/N-ethyl adjacent to an activating group) is 1. The number of phenolic OH excluding ortho intramolecular Hbond substituents is 1. The molecule has 5 N–H and O–H groups in total. The first-order valence-electron chi connectivity index (χ1n) is 21.9. The predicted molar refractivity (Wildman–Crippen MR) is 248 cm³/mol. The molecule has 0 aliphatic carbocycles. The van der Waals surface area contributed by atoms with E-state index in [4.69, 9.17) is 14.2 Å². The van der Waals surface area contributed by atoms with Crippen LogP contribution < -0.4 is 20.9 Å². The smallest absolute Gasteiger partial charge is 0.408 e. The molecule has 1 amide bonds. The number of phenols is 1. The van der Waals surface area contributed by atoms with Crippen LogP contribution in [-0.2, 0) is 32.6 Å². The van der Waals surface area contributed by atoms with Crippen LogP contribution in [0.2, 0.25) is 0 Å². The number of nitrogens with zero attached hydrogens (tertiary/aromatic N) is 2. The molecular weight excluding hydrogens is 863 g/mol. The Hall–Kier alpha value is -6.56. The van der Waals surface area contributed by atoms with E-state index in [1.54, 1.807) is 48.5 Å². The quantitative estimate of drug-likeness (QED) is 0.0629. The number of benzene rings is 5. The minimum Gasteiger partial charge on any atom is -0.506 e. The highest BCUT2D eigenvalue weighted by Gasteiger charge is 2.37. The third-order valence-corrected chi connectivity index (χ3v) is 14.1. The fourth-order valence-electron chi connectivity index (χ4n) is 8.47. The number of carbonyl (C=O) groups is 2. The SMILES string of the molecule is CN(CCOC(=O)c1ccc(COc2cccc(C(NC(=O)O[C@H]3CN4CCC3CC4)c3ccccc3)c2)cc1)S(=O)(=O)c1ccc(CNCC(O)c2ccc(O)c3[nH]c(=O)ccc23)cc1. The van der Waals surface area contributed by atoms with Gasteiger partial charge in [0.15, 0.2) is 0 Å². The number of aromatic nitrogens is 1. The zero-order valence-electron chi connectivity index (χ0n) is 36.5. The largest absolute Gasteiger partial charge is 0.506 e. The topological polar surface area (TPSA) is 200 Å². The Bertz CT molecular complexity index is 2800. The molecule has 3 aliphatic rings. The molecule has 3 aliphatic heterocycles. The summed E-state index contributed by atoms with van der Waals surface area (Å²) in [5.74, 6) is 0.309. The van der Waals surface area contributed by atoms with E-state index in [1.807, 2.05) is 54.6 Å². The van der Waals surface area contributed by atoms with Gasteiger partial charge < -0.3 is 40.0 Å². The number of piperidine rings is 3. The second kappa shape index (κ2) is 20.7. The number of amides is 1. The van der Waals surface area contributed by atoms with E-state index in [0.717, 1.165) is 59.0 Å². The van der Waals surface area contributed by atoms with Crippen molar-refractivity contribution >= 4 is 33.0 Å². The number of alkyl carbamates (subject to hydrolysis) is 1. The van der Waals surface area contributed by atoms with Gasteiger partial charge in [0.05, 0.1) is 28.1 Å². The van der Waals surface area contributed by atoms with Crippen LogP contribution in [0.15, 0.2) is 137 Å². The standard InChI is InChI=1S/C50H53N5O10S/c1-54(66(61,62)40-16-12-33(13-17-40)29-51-30-44(57)41-18-20-43(56)48-42(41)19-21-46(58)52-48)26-27-63-49(59)37-14-10-34(11-15-37)32-64-39-9-5-8-38(28-39)47(36-6-3-2-4-7-36)53-50(60)65-45-31-55-24-22-35(45)23-25-55/h2-21,28,35,44-45,47,51,56-57H,22-27,29-32H2,1H3,(H,52,58)(H,53,60)/t44?,45-,47?/m0/s1. The molecule has 344 valence electrons. The molecule has 16 heteroatoms. The molecule has 0 radical (unpaired) electrons. The maximum absolute atomic E-state index is 13.3. The van der Waals surface area contributed by atoms with E-state index in [1.165, 1.54) is 31.3 Å². The minimum atomic E-state index is -3.89. The third kappa shape index (κ3) is 11.1. The van der Waals surface area contributed by atoms with Crippen molar-refractivity contribution in [2.75, 3.05) is 46.4 Å². The van der Waals surface area contributed by atoms with Crippen molar-refractivity contribution in [2.24, 2.45) is 5.92 Å². The van der Waals surface area contributed by atoms with Gasteiger partial charge in [-0.1, -0.05) is 72.8 Å². The summed E-state index contributed by atoms with van der Waals surface area (Å²) in [7, 11) is -2.47. The highest BCUT2D eigenvalue weighted by atomic mass is 32.2. The number of nitrogens with one attached hydrogen (secondary N) is 3. The molecule has 2 bridgehead atoms. The van der Waals surface area contributed by atoms with Crippen molar-refractivity contribution in [2.45, 2.75) is 49.1 Å². The van der Waals surface area contributed by atoms with Crippen molar-refractivity contribution in [3.05, 3.63) is 171 Å². The molecule has 0 saturated carbocycles. The van der Waals surface area contributed by atoms with Gasteiger partial charge in [-0.15, -0.1) is 0 Å². The van der Waals surface area contributed by atoms with Crippen LogP contribution in [-0.4, -0.2) is 97.4 Å². The number of carbonyl (C=O) groups excluding carboxylic acids is 2. The van der Waals surface area contributed by atoms with Crippen molar-refractivity contribution in [3.63, 3.8) is 0 Å². The first kappa shape index (κ1) is 46.0. The second-order valence-corrected chi connectivity index (χ2v) is 18.7. The maximum atomic E-state index is 13.3. The Balaban J connectivity index is 0.784. The summed E-state index contributed by atoms with van der Waals surface area (Å²) in [5, 5.41) is 27.7. The first-order valence-corrected chi connectivity index (χ1v) is 23.4. The fraction of sp³-hybridized carbons (Fsp3) is 0.300.